The van der Waals surface area contributed by atoms with Crippen LogP contribution in [0.15, 0.2) is 54.6 Å². The Labute approximate surface area is 230 Å². The summed E-state index contributed by atoms with van der Waals surface area (Å²) in [5.74, 6) is -0.217. The average molecular weight is 533 g/mol. The number of benzene rings is 2. The van der Waals surface area contributed by atoms with Gasteiger partial charge in [0.05, 0.1) is 6.04 Å². The molecule has 6 rings (SSSR count). The monoisotopic (exact) mass is 532 g/mol. The fourth-order valence-electron chi connectivity index (χ4n) is 8.70. The van der Waals surface area contributed by atoms with Crippen molar-refractivity contribution in [2.75, 3.05) is 0 Å². The second-order valence-corrected chi connectivity index (χ2v) is 13.1. The van der Waals surface area contributed by atoms with Gasteiger partial charge in [0.15, 0.2) is 6.10 Å². The van der Waals surface area contributed by atoms with Crippen molar-refractivity contribution in [2.45, 2.75) is 95.8 Å². The zero-order chi connectivity index (χ0) is 28.0. The number of amides is 2. The summed E-state index contributed by atoms with van der Waals surface area (Å²) in [6.07, 6.45) is -0.428. The van der Waals surface area contributed by atoms with Gasteiger partial charge < -0.3 is 25.2 Å². The van der Waals surface area contributed by atoms with Crippen LogP contribution in [0.1, 0.15) is 83.0 Å². The van der Waals surface area contributed by atoms with Gasteiger partial charge in [0.1, 0.15) is 17.3 Å². The van der Waals surface area contributed by atoms with Crippen molar-refractivity contribution in [1.82, 2.24) is 10.6 Å². The highest BCUT2D eigenvalue weighted by atomic mass is 16.6. The third-order valence-electron chi connectivity index (χ3n) is 10.7. The number of aliphatic hydroxyl groups is 1. The standard InChI is InChI=1S/C32H40N2O5/c1-18(2)33-28(37)34-25(20-12-8-7-9-13-20)26(35)27(36)38-24-16-23-29(4,5)30(24,6)31-17-19(3)21-14-10-11-15-22(21)32(23,31)39-31/h7-15,18-19,23-26,35H,16-17H2,1-6H3,(H2,33,34,37)/t19-,23?,24?,25-,26+,30?,31-,32+/m0/s1. The van der Waals surface area contributed by atoms with Crippen LogP contribution in [0, 0.1) is 16.7 Å². The maximum atomic E-state index is 13.6. The maximum Gasteiger partial charge on any atom is 0.337 e. The van der Waals surface area contributed by atoms with Crippen molar-refractivity contribution >= 4 is 12.0 Å². The summed E-state index contributed by atoms with van der Waals surface area (Å²) in [6.45, 7) is 12.7. The molecule has 3 unspecified atom stereocenters. The van der Waals surface area contributed by atoms with Crippen LogP contribution in [-0.2, 0) is 19.9 Å². The first-order chi connectivity index (χ1) is 18.4. The molecule has 39 heavy (non-hydrogen) atoms. The SMILES string of the molecule is CC(C)NC(=O)N[C@@H](c1ccccc1)[C@@H](O)C(=O)OC1CC2C(C)(C)C1(C)[C@@]13C[C@H](C)c4ccccc4[C@@]21O3. The molecule has 3 fully saturated rings. The van der Waals surface area contributed by atoms with Gasteiger partial charge in [0, 0.05) is 17.4 Å². The number of aliphatic hydroxyl groups excluding tert-OH is 1. The van der Waals surface area contributed by atoms with E-state index in [0.717, 1.165) is 6.42 Å². The van der Waals surface area contributed by atoms with Crippen molar-refractivity contribution in [3.8, 4) is 0 Å². The Balaban J connectivity index is 1.28. The third kappa shape index (κ3) is 3.29. The van der Waals surface area contributed by atoms with Crippen LogP contribution in [0.2, 0.25) is 0 Å². The molecule has 0 aromatic heterocycles. The van der Waals surface area contributed by atoms with E-state index in [2.05, 4.69) is 62.6 Å². The summed E-state index contributed by atoms with van der Waals surface area (Å²) in [6, 6.07) is 16.2. The quantitative estimate of drug-likeness (QED) is 0.361. The molecule has 1 heterocycles. The second-order valence-electron chi connectivity index (χ2n) is 13.1. The van der Waals surface area contributed by atoms with Crippen LogP contribution >= 0.6 is 0 Å². The number of hydrogen-bond donors (Lipinski definition) is 3. The molecular weight excluding hydrogens is 492 g/mol. The first kappa shape index (κ1) is 26.3. The van der Waals surface area contributed by atoms with Gasteiger partial charge in [-0.3, -0.25) is 0 Å². The Morgan fingerprint density at radius 2 is 1.69 bits per heavy atom. The van der Waals surface area contributed by atoms with Crippen LogP contribution in [0.5, 0.6) is 0 Å². The fourth-order valence-corrected chi connectivity index (χ4v) is 8.70. The zero-order valence-electron chi connectivity index (χ0n) is 23.7. The number of esters is 1. The summed E-state index contributed by atoms with van der Waals surface area (Å²) in [5, 5.41) is 16.8. The molecule has 7 heteroatoms. The van der Waals surface area contributed by atoms with Gasteiger partial charge in [-0.25, -0.2) is 9.59 Å². The van der Waals surface area contributed by atoms with Crippen LogP contribution in [-0.4, -0.2) is 41.0 Å². The zero-order valence-corrected chi connectivity index (χ0v) is 23.7. The van der Waals surface area contributed by atoms with Crippen LogP contribution < -0.4 is 10.6 Å². The molecule has 0 spiro atoms. The minimum Gasteiger partial charge on any atom is -0.460 e. The first-order valence-electron chi connectivity index (χ1n) is 14.2. The molecule has 2 aromatic rings. The number of epoxide rings is 1. The maximum absolute atomic E-state index is 13.6. The number of hydrogen-bond acceptors (Lipinski definition) is 5. The van der Waals surface area contributed by atoms with Crippen molar-refractivity contribution in [3.05, 3.63) is 71.3 Å². The molecule has 3 aliphatic carbocycles. The smallest absolute Gasteiger partial charge is 0.337 e. The number of urea groups is 1. The number of rotatable bonds is 6. The highest BCUT2D eigenvalue weighted by Gasteiger charge is 2.95. The molecule has 0 radical (unpaired) electrons. The summed E-state index contributed by atoms with van der Waals surface area (Å²) < 4.78 is 13.1. The van der Waals surface area contributed by atoms with Crippen molar-refractivity contribution < 1.29 is 24.2 Å². The molecule has 4 aliphatic rings. The van der Waals surface area contributed by atoms with E-state index in [9.17, 15) is 14.7 Å². The van der Waals surface area contributed by atoms with Crippen LogP contribution in [0.25, 0.3) is 0 Å². The van der Waals surface area contributed by atoms with Gasteiger partial charge in [-0.1, -0.05) is 82.3 Å². The minimum atomic E-state index is -1.57. The van der Waals surface area contributed by atoms with E-state index in [4.69, 9.17) is 9.47 Å². The number of ether oxygens (including phenoxy) is 2. The van der Waals surface area contributed by atoms with Crippen molar-refractivity contribution in [1.29, 1.82) is 0 Å². The van der Waals surface area contributed by atoms with Crippen molar-refractivity contribution in [3.63, 3.8) is 0 Å². The topological polar surface area (TPSA) is 100 Å². The second kappa shape index (κ2) is 8.55. The number of nitrogens with one attached hydrogen (secondary N) is 2. The summed E-state index contributed by atoms with van der Waals surface area (Å²) in [7, 11) is 0. The normalized spacial score (nSPS) is 36.3. The van der Waals surface area contributed by atoms with E-state index in [1.54, 1.807) is 12.1 Å². The van der Waals surface area contributed by atoms with E-state index in [1.807, 2.05) is 32.0 Å². The average Bonchev–Trinajstić information content (AvgIpc) is 3.52. The molecule has 2 bridgehead atoms. The highest BCUT2D eigenvalue weighted by molar-refractivity contribution is 5.79. The van der Waals surface area contributed by atoms with Gasteiger partial charge in [-0.15, -0.1) is 0 Å². The summed E-state index contributed by atoms with van der Waals surface area (Å²) >= 11 is 0. The Morgan fingerprint density at radius 3 is 2.38 bits per heavy atom. The highest BCUT2D eigenvalue weighted by Crippen LogP contribution is 2.89. The van der Waals surface area contributed by atoms with Crippen LogP contribution in [0.4, 0.5) is 4.79 Å². The molecule has 8 atom stereocenters. The molecule has 2 amide bonds. The lowest BCUT2D eigenvalue weighted by molar-refractivity contribution is -0.172. The predicted molar refractivity (Wildman–Crippen MR) is 147 cm³/mol. The van der Waals surface area contributed by atoms with Gasteiger partial charge in [-0.2, -0.15) is 0 Å². The molecule has 2 aromatic carbocycles. The van der Waals surface area contributed by atoms with E-state index in [0.29, 0.717) is 17.9 Å². The van der Waals surface area contributed by atoms with Crippen molar-refractivity contribution in [2.24, 2.45) is 16.7 Å². The third-order valence-corrected chi connectivity index (χ3v) is 10.7. The Hall–Kier alpha value is -2.90. The molecule has 208 valence electrons. The summed E-state index contributed by atoms with van der Waals surface area (Å²) in [5.41, 5.74) is 1.93. The first-order valence-corrected chi connectivity index (χ1v) is 14.2. The lowest BCUT2D eigenvalue weighted by atomic mass is 9.58. The number of fused-ring (bicyclic) bond motifs is 3. The van der Waals surface area contributed by atoms with Gasteiger partial charge >= 0.3 is 12.0 Å². The van der Waals surface area contributed by atoms with E-state index in [1.165, 1.54) is 11.1 Å². The van der Waals surface area contributed by atoms with E-state index >= 15 is 0 Å². The molecule has 2 saturated carbocycles. The number of carbonyl (C=O) groups excluding carboxylic acids is 2. The van der Waals surface area contributed by atoms with Crippen LogP contribution in [0.3, 0.4) is 0 Å². The molecule has 1 aliphatic heterocycles. The minimum absolute atomic E-state index is 0.0946. The van der Waals surface area contributed by atoms with Gasteiger partial charge in [0.25, 0.3) is 0 Å². The Kier molecular flexibility index (Phi) is 5.77. The lowest BCUT2D eigenvalue weighted by Gasteiger charge is -2.46. The molecule has 3 N–H and O–H groups in total. The molecule has 7 nitrogen and oxygen atoms in total. The Morgan fingerprint density at radius 1 is 1.03 bits per heavy atom. The largest absolute Gasteiger partial charge is 0.460 e. The molecular formula is C32H40N2O5. The van der Waals surface area contributed by atoms with Gasteiger partial charge in [-0.05, 0) is 54.7 Å². The van der Waals surface area contributed by atoms with E-state index in [-0.39, 0.29) is 23.0 Å². The summed E-state index contributed by atoms with van der Waals surface area (Å²) in [4.78, 5) is 26.2. The van der Waals surface area contributed by atoms with E-state index < -0.39 is 41.3 Å². The fraction of sp³-hybridized carbons (Fsp3) is 0.562. The lowest BCUT2D eigenvalue weighted by Crippen LogP contribution is -2.53. The predicted octanol–water partition coefficient (Wildman–Crippen LogP) is 4.95. The molecule has 1 saturated heterocycles. The number of carbonyl (C=O) groups is 2. The van der Waals surface area contributed by atoms with Gasteiger partial charge in [0.2, 0.25) is 0 Å². The Bertz CT molecular complexity index is 1310.